The fourth-order valence-corrected chi connectivity index (χ4v) is 3.16. The lowest BCUT2D eigenvalue weighted by atomic mass is 9.91. The molecule has 2 aromatic carbocycles. The fraction of sp³-hybridized carbons (Fsp3) is 0.238. The molecule has 0 unspecified atom stereocenters. The molecule has 2 aromatic rings. The molecule has 0 heterocycles. The van der Waals surface area contributed by atoms with Crippen molar-refractivity contribution in [2.75, 3.05) is 13.2 Å². The van der Waals surface area contributed by atoms with Gasteiger partial charge >= 0.3 is 11.9 Å². The Balaban J connectivity index is 2.36. The number of carbonyl (C=O) groups is 2. The van der Waals surface area contributed by atoms with E-state index in [9.17, 15) is 19.2 Å². The molecular weight excluding hydrogens is 447 g/mol. The van der Waals surface area contributed by atoms with Crippen molar-refractivity contribution in [2.24, 2.45) is 9.98 Å². The predicted octanol–water partition coefficient (Wildman–Crippen LogP) is 4.56. The molecule has 0 atom stereocenters. The van der Waals surface area contributed by atoms with Crippen LogP contribution < -0.4 is 0 Å². The molecule has 0 aliphatic rings. The highest BCUT2D eigenvalue weighted by Crippen LogP contribution is 2.35. The molecule has 0 bridgehead atoms. The smallest absolute Gasteiger partial charge is 0.317 e. The number of hydrogen-bond acceptors (Lipinski definition) is 8. The number of benzene rings is 2. The number of isocyanates is 2. The summed E-state index contributed by atoms with van der Waals surface area (Å²) in [5.74, 6) is -1.99. The van der Waals surface area contributed by atoms with Gasteiger partial charge in [0.25, 0.3) is 0 Å². The molecule has 0 aliphatic carbocycles. The van der Waals surface area contributed by atoms with Crippen LogP contribution in [0.4, 0.5) is 11.4 Å². The standard InChI is InChI=1S/C21H16Cl2N2O6/c1-2-30-20(28)9-21(29)31-10-15(13-3-5-18(24-11-26)16(22)7-13)14-4-6-19(25-12-27)17(23)8-14/h3-8,15H,2,9-10H2,1H3. The van der Waals surface area contributed by atoms with Gasteiger partial charge in [0.15, 0.2) is 0 Å². The minimum Gasteiger partial charge on any atom is -0.466 e. The number of rotatable bonds is 9. The lowest BCUT2D eigenvalue weighted by Gasteiger charge is -2.19. The Labute approximate surface area is 187 Å². The second kappa shape index (κ2) is 11.8. The van der Waals surface area contributed by atoms with E-state index in [0.29, 0.717) is 11.1 Å². The first kappa shape index (κ1) is 24.0. The first-order chi connectivity index (χ1) is 14.9. The van der Waals surface area contributed by atoms with Crippen LogP contribution >= 0.6 is 23.2 Å². The summed E-state index contributed by atoms with van der Waals surface area (Å²) in [5, 5.41) is 0.383. The third-order valence-electron chi connectivity index (χ3n) is 4.09. The second-order valence-electron chi connectivity index (χ2n) is 6.05. The number of hydrogen-bond donors (Lipinski definition) is 0. The minimum atomic E-state index is -0.759. The van der Waals surface area contributed by atoms with Crippen molar-refractivity contribution in [3.63, 3.8) is 0 Å². The summed E-state index contributed by atoms with van der Waals surface area (Å²) in [6.45, 7) is 1.64. The van der Waals surface area contributed by atoms with E-state index in [4.69, 9.17) is 32.7 Å². The quantitative estimate of drug-likeness (QED) is 0.233. The largest absolute Gasteiger partial charge is 0.466 e. The predicted molar refractivity (Wildman–Crippen MR) is 113 cm³/mol. The van der Waals surface area contributed by atoms with Crippen LogP contribution in [0.2, 0.25) is 10.0 Å². The molecule has 0 amide bonds. The Bertz CT molecular complexity index is 1010. The minimum absolute atomic E-state index is 0.141. The van der Waals surface area contributed by atoms with Gasteiger partial charge in [-0.2, -0.15) is 9.98 Å². The van der Waals surface area contributed by atoms with Crippen LogP contribution in [0.5, 0.6) is 0 Å². The molecule has 8 nitrogen and oxygen atoms in total. The zero-order chi connectivity index (χ0) is 22.8. The highest BCUT2D eigenvalue weighted by Gasteiger charge is 2.21. The monoisotopic (exact) mass is 462 g/mol. The summed E-state index contributed by atoms with van der Waals surface area (Å²) in [6, 6.07) is 9.46. The van der Waals surface area contributed by atoms with Crippen molar-refractivity contribution in [2.45, 2.75) is 19.3 Å². The van der Waals surface area contributed by atoms with E-state index in [0.717, 1.165) is 0 Å². The van der Waals surface area contributed by atoms with Crippen LogP contribution in [0.1, 0.15) is 30.4 Å². The average molecular weight is 463 g/mol. The maximum Gasteiger partial charge on any atom is 0.317 e. The lowest BCUT2D eigenvalue weighted by molar-refractivity contribution is -0.154. The lowest BCUT2D eigenvalue weighted by Crippen LogP contribution is -2.18. The van der Waals surface area contributed by atoms with Crippen LogP contribution in [0, 0.1) is 0 Å². The van der Waals surface area contributed by atoms with E-state index in [1.807, 2.05) is 0 Å². The van der Waals surface area contributed by atoms with Crippen molar-refractivity contribution < 1.29 is 28.7 Å². The van der Waals surface area contributed by atoms with Crippen LogP contribution in [0.15, 0.2) is 46.4 Å². The van der Waals surface area contributed by atoms with Crippen molar-refractivity contribution in [1.29, 1.82) is 0 Å². The summed E-state index contributed by atoms with van der Waals surface area (Å²) in [7, 11) is 0. The van der Waals surface area contributed by atoms with Gasteiger partial charge < -0.3 is 9.47 Å². The molecule has 0 fully saturated rings. The third kappa shape index (κ3) is 6.88. The van der Waals surface area contributed by atoms with E-state index in [1.54, 1.807) is 31.2 Å². The van der Waals surface area contributed by atoms with E-state index < -0.39 is 24.3 Å². The average Bonchev–Trinajstić information content (AvgIpc) is 2.72. The Morgan fingerprint density at radius 3 is 1.81 bits per heavy atom. The molecular formula is C21H16Cl2N2O6. The molecule has 0 saturated heterocycles. The summed E-state index contributed by atoms with van der Waals surface area (Å²) >= 11 is 12.4. The van der Waals surface area contributed by atoms with Crippen molar-refractivity contribution in [3.8, 4) is 0 Å². The molecule has 0 saturated carbocycles. The zero-order valence-electron chi connectivity index (χ0n) is 16.3. The molecule has 0 aromatic heterocycles. The van der Waals surface area contributed by atoms with Crippen molar-refractivity contribution in [1.82, 2.24) is 0 Å². The number of nitrogens with zero attached hydrogens (tertiary/aromatic N) is 2. The van der Waals surface area contributed by atoms with Crippen LogP contribution in [-0.2, 0) is 28.7 Å². The summed E-state index contributed by atoms with van der Waals surface area (Å²) in [6.07, 6.45) is 2.31. The molecule has 10 heteroatoms. The molecule has 31 heavy (non-hydrogen) atoms. The Morgan fingerprint density at radius 1 is 0.903 bits per heavy atom. The first-order valence-electron chi connectivity index (χ1n) is 8.95. The highest BCUT2D eigenvalue weighted by atomic mass is 35.5. The number of aliphatic imine (C=N–C) groups is 2. The van der Waals surface area contributed by atoms with Gasteiger partial charge in [-0.15, -0.1) is 0 Å². The number of carbonyl (C=O) groups excluding carboxylic acids is 4. The number of halogens is 2. The third-order valence-corrected chi connectivity index (χ3v) is 4.69. The van der Waals surface area contributed by atoms with Crippen LogP contribution in [0.3, 0.4) is 0 Å². The summed E-state index contributed by atoms with van der Waals surface area (Å²) in [5.41, 5.74) is 1.71. The normalized spacial score (nSPS) is 10.9. The van der Waals surface area contributed by atoms with Gasteiger partial charge in [-0.1, -0.05) is 35.3 Å². The van der Waals surface area contributed by atoms with Gasteiger partial charge in [-0.05, 0) is 42.3 Å². The second-order valence-corrected chi connectivity index (χ2v) is 6.86. The van der Waals surface area contributed by atoms with E-state index in [2.05, 4.69) is 9.98 Å². The maximum absolute atomic E-state index is 12.0. The number of esters is 2. The molecule has 0 N–H and O–H groups in total. The fourth-order valence-electron chi connectivity index (χ4n) is 2.70. The first-order valence-corrected chi connectivity index (χ1v) is 9.71. The van der Waals surface area contributed by atoms with Crippen LogP contribution in [-0.4, -0.2) is 37.3 Å². The topological polar surface area (TPSA) is 111 Å². The summed E-state index contributed by atoms with van der Waals surface area (Å²) in [4.78, 5) is 51.5. The van der Waals surface area contributed by atoms with E-state index >= 15 is 0 Å². The molecule has 160 valence electrons. The maximum atomic E-state index is 12.0. The van der Waals surface area contributed by atoms with E-state index in [1.165, 1.54) is 24.3 Å². The van der Waals surface area contributed by atoms with E-state index in [-0.39, 0.29) is 34.6 Å². The van der Waals surface area contributed by atoms with Gasteiger partial charge in [0.2, 0.25) is 12.2 Å². The summed E-state index contributed by atoms with van der Waals surface area (Å²) < 4.78 is 10.0. The van der Waals surface area contributed by atoms with Crippen molar-refractivity contribution in [3.05, 3.63) is 57.6 Å². The van der Waals surface area contributed by atoms with Crippen LogP contribution in [0.25, 0.3) is 0 Å². The number of ether oxygens (including phenoxy) is 2. The molecule has 0 radical (unpaired) electrons. The van der Waals surface area contributed by atoms with Gasteiger partial charge in [0.05, 0.1) is 28.0 Å². The molecule has 2 rings (SSSR count). The molecule has 0 aliphatic heterocycles. The highest BCUT2D eigenvalue weighted by molar-refractivity contribution is 6.33. The zero-order valence-corrected chi connectivity index (χ0v) is 17.8. The SMILES string of the molecule is CCOC(=O)CC(=O)OCC(c1ccc(N=C=O)c(Cl)c1)c1ccc(N=C=O)c(Cl)c1. The van der Waals surface area contributed by atoms with Crippen molar-refractivity contribution >= 4 is 58.7 Å². The Morgan fingerprint density at radius 2 is 1.39 bits per heavy atom. The van der Waals surface area contributed by atoms with Gasteiger partial charge in [-0.25, -0.2) is 9.59 Å². The van der Waals surface area contributed by atoms with Gasteiger partial charge in [-0.3, -0.25) is 9.59 Å². The Kier molecular flexibility index (Phi) is 9.13. The van der Waals surface area contributed by atoms with Gasteiger partial charge in [0, 0.05) is 5.92 Å². The van der Waals surface area contributed by atoms with Gasteiger partial charge in [0.1, 0.15) is 13.0 Å². The molecule has 0 spiro atoms. The Hall–Kier alpha value is -3.28.